The molecule has 3 rings (SSSR count). The molecule has 0 saturated heterocycles. The minimum atomic E-state index is -1.52. The lowest BCUT2D eigenvalue weighted by Gasteiger charge is -2.06. The molecule has 0 atom stereocenters. The molecule has 108 valence electrons. The average Bonchev–Trinajstić information content (AvgIpc) is 2.89. The van der Waals surface area contributed by atoms with Gasteiger partial charge in [0.25, 0.3) is 0 Å². The van der Waals surface area contributed by atoms with Gasteiger partial charge in [0, 0.05) is 18.7 Å². The molecule has 5 nitrogen and oxygen atoms in total. The second-order valence-electron chi connectivity index (χ2n) is 4.27. The molecule has 0 unspecified atom stereocenters. The predicted molar refractivity (Wildman–Crippen MR) is 70.7 cm³/mol. The van der Waals surface area contributed by atoms with Gasteiger partial charge < -0.3 is 5.32 Å². The number of nitrogens with zero attached hydrogens (tertiary/aromatic N) is 4. The van der Waals surface area contributed by atoms with Crippen LogP contribution < -0.4 is 5.32 Å². The van der Waals surface area contributed by atoms with E-state index in [4.69, 9.17) is 0 Å². The zero-order valence-electron chi connectivity index (χ0n) is 10.9. The van der Waals surface area contributed by atoms with Crippen LogP contribution in [0.1, 0.15) is 6.92 Å². The third-order valence-corrected chi connectivity index (χ3v) is 2.92. The molecule has 0 aliphatic carbocycles. The van der Waals surface area contributed by atoms with E-state index in [-0.39, 0.29) is 5.69 Å². The molecule has 1 N–H and O–H groups in total. The largest absolute Gasteiger partial charge is 0.370 e. The number of nitrogens with one attached hydrogen (secondary N) is 1. The number of halogens is 3. The van der Waals surface area contributed by atoms with Crippen LogP contribution in [0.4, 0.5) is 19.0 Å². The van der Waals surface area contributed by atoms with Gasteiger partial charge in [-0.25, -0.2) is 27.8 Å². The van der Waals surface area contributed by atoms with E-state index in [1.54, 1.807) is 0 Å². The maximum atomic E-state index is 13.3. The van der Waals surface area contributed by atoms with E-state index < -0.39 is 17.5 Å². The Hall–Kier alpha value is -2.64. The zero-order valence-corrected chi connectivity index (χ0v) is 10.9. The molecular weight excluding hydrogens is 283 g/mol. The van der Waals surface area contributed by atoms with E-state index in [9.17, 15) is 13.2 Å². The molecule has 0 aliphatic heterocycles. The van der Waals surface area contributed by atoms with Crippen molar-refractivity contribution in [2.24, 2.45) is 0 Å². The van der Waals surface area contributed by atoms with Gasteiger partial charge in [-0.05, 0) is 6.92 Å². The smallest absolute Gasteiger partial charge is 0.194 e. The third kappa shape index (κ3) is 2.18. The monoisotopic (exact) mass is 293 g/mol. The van der Waals surface area contributed by atoms with Gasteiger partial charge in [0.05, 0.1) is 17.3 Å². The lowest BCUT2D eigenvalue weighted by atomic mass is 10.3. The molecule has 0 fully saturated rings. The Morgan fingerprint density at radius 3 is 2.52 bits per heavy atom. The van der Waals surface area contributed by atoms with Gasteiger partial charge in [0.2, 0.25) is 0 Å². The maximum Gasteiger partial charge on any atom is 0.194 e. The second-order valence-corrected chi connectivity index (χ2v) is 4.27. The quantitative estimate of drug-likeness (QED) is 0.754. The first-order valence-electron chi connectivity index (χ1n) is 6.19. The summed E-state index contributed by atoms with van der Waals surface area (Å²) in [5.74, 6) is -3.51. The van der Waals surface area contributed by atoms with Crippen LogP contribution in [0.25, 0.3) is 16.7 Å². The zero-order chi connectivity index (χ0) is 15.0. The SMILES string of the molecule is CCNc1ncnc2c1cnn2-c1cc(F)c(F)c(F)c1. The lowest BCUT2D eigenvalue weighted by molar-refractivity contribution is 0.446. The van der Waals surface area contributed by atoms with E-state index in [0.717, 1.165) is 12.1 Å². The van der Waals surface area contributed by atoms with E-state index in [2.05, 4.69) is 20.4 Å². The highest BCUT2D eigenvalue weighted by atomic mass is 19.2. The summed E-state index contributed by atoms with van der Waals surface area (Å²) in [6.45, 7) is 2.56. The van der Waals surface area contributed by atoms with E-state index in [1.165, 1.54) is 17.2 Å². The van der Waals surface area contributed by atoms with Gasteiger partial charge >= 0.3 is 0 Å². The topological polar surface area (TPSA) is 55.6 Å². The average molecular weight is 293 g/mol. The summed E-state index contributed by atoms with van der Waals surface area (Å²) >= 11 is 0. The number of benzene rings is 1. The van der Waals surface area contributed by atoms with Crippen molar-refractivity contribution in [2.75, 3.05) is 11.9 Å². The number of fused-ring (bicyclic) bond motifs is 1. The maximum absolute atomic E-state index is 13.3. The van der Waals surface area contributed by atoms with Crippen molar-refractivity contribution >= 4 is 16.9 Å². The Kier molecular flexibility index (Phi) is 3.20. The molecule has 1 aromatic carbocycles. The number of rotatable bonds is 3. The van der Waals surface area contributed by atoms with Crippen LogP contribution in [-0.2, 0) is 0 Å². The van der Waals surface area contributed by atoms with Crippen molar-refractivity contribution in [1.82, 2.24) is 19.7 Å². The first-order chi connectivity index (χ1) is 10.1. The van der Waals surface area contributed by atoms with Crippen LogP contribution in [0.5, 0.6) is 0 Å². The summed E-state index contributed by atoms with van der Waals surface area (Å²) in [7, 11) is 0. The van der Waals surface area contributed by atoms with Crippen LogP contribution in [0.3, 0.4) is 0 Å². The number of aromatic nitrogens is 4. The fourth-order valence-corrected chi connectivity index (χ4v) is 2.01. The van der Waals surface area contributed by atoms with Crippen molar-refractivity contribution in [3.05, 3.63) is 42.1 Å². The van der Waals surface area contributed by atoms with Gasteiger partial charge in [-0.1, -0.05) is 0 Å². The first-order valence-corrected chi connectivity index (χ1v) is 6.19. The third-order valence-electron chi connectivity index (χ3n) is 2.92. The normalized spacial score (nSPS) is 11.0. The van der Waals surface area contributed by atoms with Gasteiger partial charge in [0.15, 0.2) is 23.1 Å². The Bertz CT molecular complexity index is 792. The molecule has 2 heterocycles. The highest BCUT2D eigenvalue weighted by molar-refractivity contribution is 5.87. The second kappa shape index (κ2) is 5.04. The summed E-state index contributed by atoms with van der Waals surface area (Å²) < 4.78 is 40.9. The van der Waals surface area contributed by atoms with Gasteiger partial charge in [-0.15, -0.1) is 0 Å². The van der Waals surface area contributed by atoms with Crippen LogP contribution in [0.2, 0.25) is 0 Å². The van der Waals surface area contributed by atoms with E-state index in [0.29, 0.717) is 23.4 Å². The van der Waals surface area contributed by atoms with Crippen molar-refractivity contribution in [1.29, 1.82) is 0 Å². The van der Waals surface area contributed by atoms with Crippen LogP contribution in [-0.4, -0.2) is 26.3 Å². The molecule has 8 heteroatoms. The number of hydrogen-bond donors (Lipinski definition) is 1. The van der Waals surface area contributed by atoms with Crippen molar-refractivity contribution < 1.29 is 13.2 Å². The van der Waals surface area contributed by atoms with Gasteiger partial charge in [-0.3, -0.25) is 0 Å². The fourth-order valence-electron chi connectivity index (χ4n) is 2.01. The predicted octanol–water partition coefficient (Wildman–Crippen LogP) is 2.66. The highest BCUT2D eigenvalue weighted by Gasteiger charge is 2.15. The molecule has 2 aromatic heterocycles. The molecule has 3 aromatic rings. The molecule has 0 bridgehead atoms. The molecular formula is C13H10F3N5. The van der Waals surface area contributed by atoms with E-state index in [1.807, 2.05) is 6.92 Å². The Morgan fingerprint density at radius 1 is 1.14 bits per heavy atom. The fraction of sp³-hybridized carbons (Fsp3) is 0.154. The molecule has 0 spiro atoms. The molecule has 0 radical (unpaired) electrons. The molecule has 0 amide bonds. The minimum Gasteiger partial charge on any atom is -0.370 e. The van der Waals surface area contributed by atoms with Crippen LogP contribution in [0.15, 0.2) is 24.7 Å². The van der Waals surface area contributed by atoms with Crippen molar-refractivity contribution in [2.45, 2.75) is 6.92 Å². The Labute approximate surface area is 117 Å². The standard InChI is InChI=1S/C13H10F3N5/c1-2-17-12-8-5-20-21(13(8)19-6-18-12)7-3-9(14)11(16)10(15)4-7/h3-6H,2H2,1H3,(H,17,18,19). The van der Waals surface area contributed by atoms with Crippen molar-refractivity contribution in [3.63, 3.8) is 0 Å². The van der Waals surface area contributed by atoms with Gasteiger partial charge in [-0.2, -0.15) is 5.10 Å². The minimum absolute atomic E-state index is 0.0440. The van der Waals surface area contributed by atoms with Crippen molar-refractivity contribution in [3.8, 4) is 5.69 Å². The van der Waals surface area contributed by atoms with Gasteiger partial charge in [0.1, 0.15) is 12.1 Å². The summed E-state index contributed by atoms with van der Waals surface area (Å²) in [4.78, 5) is 8.12. The summed E-state index contributed by atoms with van der Waals surface area (Å²) in [5, 5.41) is 7.67. The molecule has 0 aliphatic rings. The highest BCUT2D eigenvalue weighted by Crippen LogP contribution is 2.23. The van der Waals surface area contributed by atoms with Crippen LogP contribution >= 0.6 is 0 Å². The number of hydrogen-bond acceptors (Lipinski definition) is 4. The summed E-state index contributed by atoms with van der Waals surface area (Å²) in [5.41, 5.74) is 0.411. The Morgan fingerprint density at radius 2 is 1.86 bits per heavy atom. The lowest BCUT2D eigenvalue weighted by Crippen LogP contribution is -2.03. The summed E-state index contributed by atoms with van der Waals surface area (Å²) in [6.07, 6.45) is 2.79. The Balaban J connectivity index is 2.20. The van der Waals surface area contributed by atoms with Crippen LogP contribution in [0, 0.1) is 17.5 Å². The molecule has 21 heavy (non-hydrogen) atoms. The number of anilines is 1. The first kappa shape index (κ1) is 13.3. The summed E-state index contributed by atoms with van der Waals surface area (Å²) in [6, 6.07) is 1.72. The molecule has 0 saturated carbocycles. The van der Waals surface area contributed by atoms with E-state index >= 15 is 0 Å².